The second-order valence-electron chi connectivity index (χ2n) is 4.67. The van der Waals surface area contributed by atoms with Crippen molar-refractivity contribution in [2.24, 2.45) is 5.10 Å². The molecule has 2 aromatic rings. The van der Waals surface area contributed by atoms with E-state index in [0.717, 1.165) is 5.56 Å². The van der Waals surface area contributed by atoms with Gasteiger partial charge in [0, 0.05) is 10.6 Å². The van der Waals surface area contributed by atoms with Crippen molar-refractivity contribution in [3.05, 3.63) is 52.5 Å². The fraction of sp³-hybridized carbons (Fsp3) is 0.176. The van der Waals surface area contributed by atoms with Crippen molar-refractivity contribution in [3.63, 3.8) is 0 Å². The molecule has 2 aromatic carbocycles. The maximum atomic E-state index is 12.2. The van der Waals surface area contributed by atoms with Gasteiger partial charge in [-0.15, -0.1) is 0 Å². The third kappa shape index (κ3) is 4.17. The number of carbonyl (C=O) groups is 1. The SMILES string of the molecule is COc1cc(C(=O)N/N=C\c2cccc(Cl)c2)cc(OC)c1OC. The third-order valence-corrected chi connectivity index (χ3v) is 3.39. The Labute approximate surface area is 145 Å². The Morgan fingerprint density at radius 2 is 1.75 bits per heavy atom. The number of hydrogen-bond donors (Lipinski definition) is 1. The lowest BCUT2D eigenvalue weighted by Crippen LogP contribution is -2.18. The Morgan fingerprint density at radius 1 is 1.08 bits per heavy atom. The van der Waals surface area contributed by atoms with E-state index in [2.05, 4.69) is 10.5 Å². The molecule has 0 spiro atoms. The minimum Gasteiger partial charge on any atom is -0.493 e. The van der Waals surface area contributed by atoms with Crippen molar-refractivity contribution in [1.29, 1.82) is 0 Å². The molecule has 0 aliphatic rings. The molecule has 1 N–H and O–H groups in total. The molecule has 2 rings (SSSR count). The van der Waals surface area contributed by atoms with Gasteiger partial charge in [0.25, 0.3) is 5.91 Å². The smallest absolute Gasteiger partial charge is 0.271 e. The van der Waals surface area contributed by atoms with Crippen molar-refractivity contribution >= 4 is 23.7 Å². The van der Waals surface area contributed by atoms with Crippen LogP contribution < -0.4 is 19.6 Å². The molecule has 0 heterocycles. The first kappa shape index (κ1) is 17.6. The fourth-order valence-electron chi connectivity index (χ4n) is 2.03. The van der Waals surface area contributed by atoms with Crippen LogP contribution in [0.1, 0.15) is 15.9 Å². The maximum absolute atomic E-state index is 12.2. The van der Waals surface area contributed by atoms with E-state index in [-0.39, 0.29) is 0 Å². The molecule has 0 saturated carbocycles. The van der Waals surface area contributed by atoms with Crippen LogP contribution in [0.3, 0.4) is 0 Å². The Kier molecular flexibility index (Phi) is 6.03. The Balaban J connectivity index is 2.17. The average molecular weight is 349 g/mol. The lowest BCUT2D eigenvalue weighted by atomic mass is 10.1. The van der Waals surface area contributed by atoms with E-state index in [1.54, 1.807) is 30.3 Å². The quantitative estimate of drug-likeness (QED) is 0.643. The Hall–Kier alpha value is -2.73. The highest BCUT2D eigenvalue weighted by Gasteiger charge is 2.16. The lowest BCUT2D eigenvalue weighted by molar-refractivity contribution is 0.0954. The van der Waals surface area contributed by atoms with Crippen LogP contribution in [0, 0.1) is 0 Å². The van der Waals surface area contributed by atoms with Gasteiger partial charge in [-0.25, -0.2) is 5.43 Å². The van der Waals surface area contributed by atoms with Crippen molar-refractivity contribution in [2.75, 3.05) is 21.3 Å². The summed E-state index contributed by atoms with van der Waals surface area (Å²) in [5.41, 5.74) is 3.54. The van der Waals surface area contributed by atoms with Crippen molar-refractivity contribution < 1.29 is 19.0 Å². The monoisotopic (exact) mass is 348 g/mol. The molecule has 126 valence electrons. The van der Waals surface area contributed by atoms with Crippen LogP contribution in [0.4, 0.5) is 0 Å². The second kappa shape index (κ2) is 8.21. The molecule has 6 nitrogen and oxygen atoms in total. The van der Waals surface area contributed by atoms with Crippen LogP contribution in [0.2, 0.25) is 5.02 Å². The van der Waals surface area contributed by atoms with E-state index in [1.807, 2.05) is 6.07 Å². The van der Waals surface area contributed by atoms with Gasteiger partial charge in [-0.05, 0) is 29.8 Å². The number of carbonyl (C=O) groups excluding carboxylic acids is 1. The summed E-state index contributed by atoms with van der Waals surface area (Å²) in [4.78, 5) is 12.2. The van der Waals surface area contributed by atoms with E-state index < -0.39 is 5.91 Å². The predicted molar refractivity (Wildman–Crippen MR) is 92.6 cm³/mol. The molecule has 7 heteroatoms. The van der Waals surface area contributed by atoms with Gasteiger partial charge in [-0.1, -0.05) is 23.7 Å². The van der Waals surface area contributed by atoms with Crippen molar-refractivity contribution in [1.82, 2.24) is 5.43 Å². The number of hydrogen-bond acceptors (Lipinski definition) is 5. The number of hydrazone groups is 1. The minimum absolute atomic E-state index is 0.327. The van der Waals surface area contributed by atoms with Gasteiger partial charge in [0.2, 0.25) is 5.75 Å². The molecule has 0 aliphatic heterocycles. The summed E-state index contributed by atoms with van der Waals surface area (Å²) in [6, 6.07) is 10.2. The number of nitrogens with one attached hydrogen (secondary N) is 1. The zero-order valence-electron chi connectivity index (χ0n) is 13.5. The average Bonchev–Trinajstić information content (AvgIpc) is 2.60. The number of ether oxygens (including phenoxy) is 3. The highest BCUT2D eigenvalue weighted by Crippen LogP contribution is 2.38. The van der Waals surface area contributed by atoms with Crippen molar-refractivity contribution in [3.8, 4) is 17.2 Å². The zero-order chi connectivity index (χ0) is 17.5. The zero-order valence-corrected chi connectivity index (χ0v) is 14.3. The van der Waals surface area contributed by atoms with Crippen LogP contribution in [-0.4, -0.2) is 33.5 Å². The molecule has 0 atom stereocenters. The highest BCUT2D eigenvalue weighted by molar-refractivity contribution is 6.30. The van der Waals surface area contributed by atoms with Gasteiger partial charge < -0.3 is 14.2 Å². The summed E-state index contributed by atoms with van der Waals surface area (Å²) in [5, 5.41) is 4.51. The first-order chi connectivity index (χ1) is 11.6. The molecule has 0 aromatic heterocycles. The topological polar surface area (TPSA) is 69.2 Å². The molecule has 0 bridgehead atoms. The second-order valence-corrected chi connectivity index (χ2v) is 5.10. The number of benzene rings is 2. The molecular weight excluding hydrogens is 332 g/mol. The molecule has 0 radical (unpaired) electrons. The molecule has 0 fully saturated rings. The Bertz CT molecular complexity index is 737. The minimum atomic E-state index is -0.410. The molecule has 1 amide bonds. The summed E-state index contributed by atoms with van der Waals surface area (Å²) in [5.74, 6) is 0.785. The van der Waals surface area contributed by atoms with Gasteiger partial charge in [-0.2, -0.15) is 5.10 Å². The Morgan fingerprint density at radius 3 is 2.29 bits per heavy atom. The summed E-state index contributed by atoms with van der Waals surface area (Å²) >= 11 is 5.89. The van der Waals surface area contributed by atoms with Crippen LogP contribution >= 0.6 is 11.6 Å². The van der Waals surface area contributed by atoms with Crippen LogP contribution in [-0.2, 0) is 0 Å². The van der Waals surface area contributed by atoms with Crippen LogP contribution in [0.25, 0.3) is 0 Å². The summed E-state index contributed by atoms with van der Waals surface area (Å²) in [6.45, 7) is 0. The first-order valence-corrected chi connectivity index (χ1v) is 7.35. The van der Waals surface area contributed by atoms with E-state index in [1.165, 1.54) is 27.5 Å². The molecule has 24 heavy (non-hydrogen) atoms. The third-order valence-electron chi connectivity index (χ3n) is 3.16. The van der Waals surface area contributed by atoms with E-state index in [9.17, 15) is 4.79 Å². The van der Waals surface area contributed by atoms with Gasteiger partial charge in [0.15, 0.2) is 11.5 Å². The van der Waals surface area contributed by atoms with Gasteiger partial charge in [-0.3, -0.25) is 4.79 Å². The van der Waals surface area contributed by atoms with Gasteiger partial charge in [0.1, 0.15) is 0 Å². The normalized spacial score (nSPS) is 10.5. The van der Waals surface area contributed by atoms with E-state index in [0.29, 0.717) is 27.8 Å². The molecule has 0 aliphatic carbocycles. The number of nitrogens with zero attached hydrogens (tertiary/aromatic N) is 1. The summed E-state index contributed by atoms with van der Waals surface area (Å²) in [6.07, 6.45) is 1.50. The van der Waals surface area contributed by atoms with Gasteiger partial charge >= 0.3 is 0 Å². The molecular formula is C17H17ClN2O4. The number of rotatable bonds is 6. The largest absolute Gasteiger partial charge is 0.493 e. The summed E-state index contributed by atoms with van der Waals surface area (Å²) in [7, 11) is 4.46. The molecule has 0 unspecified atom stereocenters. The van der Waals surface area contributed by atoms with Crippen LogP contribution in [0.5, 0.6) is 17.2 Å². The van der Waals surface area contributed by atoms with Gasteiger partial charge in [0.05, 0.1) is 27.5 Å². The highest BCUT2D eigenvalue weighted by atomic mass is 35.5. The van der Waals surface area contributed by atoms with Crippen LogP contribution in [0.15, 0.2) is 41.5 Å². The maximum Gasteiger partial charge on any atom is 0.271 e. The fourth-order valence-corrected chi connectivity index (χ4v) is 2.23. The summed E-state index contributed by atoms with van der Waals surface area (Å²) < 4.78 is 15.7. The number of methoxy groups -OCH3 is 3. The van der Waals surface area contributed by atoms with E-state index >= 15 is 0 Å². The standard InChI is InChI=1S/C17H17ClN2O4/c1-22-14-8-12(9-15(23-2)16(14)24-3)17(21)20-19-10-11-5-4-6-13(18)7-11/h4-10H,1-3H3,(H,20,21)/b19-10-. The predicted octanol–water partition coefficient (Wildman–Crippen LogP) is 3.13. The lowest BCUT2D eigenvalue weighted by Gasteiger charge is -2.13. The van der Waals surface area contributed by atoms with E-state index in [4.69, 9.17) is 25.8 Å². The number of amides is 1. The first-order valence-electron chi connectivity index (χ1n) is 6.98. The number of halogens is 1. The molecule has 0 saturated heterocycles. The van der Waals surface area contributed by atoms with Crippen molar-refractivity contribution in [2.45, 2.75) is 0 Å².